The molecule has 0 saturated carbocycles. The average Bonchev–Trinajstić information content (AvgIpc) is 0.650. The molecule has 0 fully saturated rings. The molecular weight excluding hydrogens is 205 g/mol. The summed E-state index contributed by atoms with van der Waals surface area (Å²) in [4.78, 5) is 0. The molecule has 0 aliphatic rings. The summed E-state index contributed by atoms with van der Waals surface area (Å²) in [5.74, 6) is 0. The standard InChI is InChI=1S/C2H6AsCl3/c1-3(2,4,5)6/h1-2H3. The second kappa shape index (κ2) is 1.45. The first-order valence-electron chi connectivity index (χ1n) is 1.40. The van der Waals surface area contributed by atoms with Crippen molar-refractivity contribution in [3.8, 4) is 0 Å². The van der Waals surface area contributed by atoms with Gasteiger partial charge in [0.05, 0.1) is 0 Å². The molecule has 0 unspecified atom stereocenters. The van der Waals surface area contributed by atoms with Gasteiger partial charge in [0, 0.05) is 0 Å². The topological polar surface area (TPSA) is 0 Å². The Bertz CT molecular complexity index is 42.0. The van der Waals surface area contributed by atoms with Gasteiger partial charge in [-0.3, -0.25) is 0 Å². The minimum atomic E-state index is -3.07. The van der Waals surface area contributed by atoms with E-state index in [1.807, 2.05) is 0 Å². The summed E-state index contributed by atoms with van der Waals surface area (Å²) in [5, 5.41) is 0. The van der Waals surface area contributed by atoms with Gasteiger partial charge in [0.15, 0.2) is 0 Å². The van der Waals surface area contributed by atoms with Crippen molar-refractivity contribution < 1.29 is 0 Å². The molecule has 0 aromatic rings. The van der Waals surface area contributed by atoms with Gasteiger partial charge in [-0.25, -0.2) is 0 Å². The van der Waals surface area contributed by atoms with Crippen molar-refractivity contribution in [3.05, 3.63) is 0 Å². The summed E-state index contributed by atoms with van der Waals surface area (Å²) in [6, 6.07) is 0. The first-order valence-corrected chi connectivity index (χ1v) is 12.6. The molecule has 0 atom stereocenters. The predicted molar refractivity (Wildman–Crippen MR) is 35.0 cm³/mol. The van der Waals surface area contributed by atoms with E-state index < -0.39 is 9.63 Å². The molecule has 0 bridgehead atoms. The molecule has 0 aromatic carbocycles. The normalized spacial score (nSPS) is 19.2. The van der Waals surface area contributed by atoms with E-state index in [0.29, 0.717) is 0 Å². The van der Waals surface area contributed by atoms with Crippen LogP contribution >= 0.6 is 29.8 Å². The van der Waals surface area contributed by atoms with Gasteiger partial charge in [-0.1, -0.05) is 0 Å². The van der Waals surface area contributed by atoms with Gasteiger partial charge in [-0.05, 0) is 0 Å². The third-order valence-electron chi connectivity index (χ3n) is 0. The minimum absolute atomic E-state index is 1.68. The molecule has 0 radical (unpaired) electrons. The van der Waals surface area contributed by atoms with Crippen molar-refractivity contribution in [2.75, 3.05) is 0 Å². The van der Waals surface area contributed by atoms with Crippen LogP contribution in [0.1, 0.15) is 0 Å². The van der Waals surface area contributed by atoms with Crippen molar-refractivity contribution in [3.63, 3.8) is 0 Å². The third kappa shape index (κ3) is 52.2. The molecule has 4 heteroatoms. The summed E-state index contributed by atoms with van der Waals surface area (Å²) in [5.41, 5.74) is 3.37. The Hall–Kier alpha value is 1.43. The Morgan fingerprint density at radius 1 is 1.00 bits per heavy atom. The van der Waals surface area contributed by atoms with E-state index in [4.69, 9.17) is 29.8 Å². The van der Waals surface area contributed by atoms with Crippen molar-refractivity contribution in [1.29, 1.82) is 0 Å². The second-order valence-corrected chi connectivity index (χ2v) is 27.1. The first-order chi connectivity index (χ1) is 2.24. The molecule has 0 saturated heterocycles. The van der Waals surface area contributed by atoms with Crippen LogP contribution in [0.15, 0.2) is 0 Å². The van der Waals surface area contributed by atoms with Gasteiger partial charge in [0.2, 0.25) is 0 Å². The molecule has 0 N–H and O–H groups in total. The Morgan fingerprint density at radius 3 is 1.00 bits per heavy atom. The zero-order chi connectivity index (χ0) is 5.45. The Labute approximate surface area is 50.9 Å². The van der Waals surface area contributed by atoms with E-state index in [9.17, 15) is 0 Å². The quantitative estimate of drug-likeness (QED) is 0.541. The van der Waals surface area contributed by atoms with E-state index >= 15 is 0 Å². The van der Waals surface area contributed by atoms with Crippen LogP contribution < -0.4 is 0 Å². The van der Waals surface area contributed by atoms with Crippen molar-refractivity contribution in [2.24, 2.45) is 0 Å². The molecule has 0 aliphatic carbocycles. The fraction of sp³-hybridized carbons (Fsp3) is 1.00. The Morgan fingerprint density at radius 2 is 1.00 bits per heavy atom. The third-order valence-corrected chi connectivity index (χ3v) is 0. The van der Waals surface area contributed by atoms with Crippen molar-refractivity contribution in [2.45, 2.75) is 11.4 Å². The maximum atomic E-state index is 5.50. The van der Waals surface area contributed by atoms with Gasteiger partial charge in [0.25, 0.3) is 0 Å². The van der Waals surface area contributed by atoms with Crippen LogP contribution in [0.25, 0.3) is 0 Å². The van der Waals surface area contributed by atoms with E-state index in [-0.39, 0.29) is 0 Å². The summed E-state index contributed by atoms with van der Waals surface area (Å²) in [6.07, 6.45) is 0. The average molecular weight is 211 g/mol. The van der Waals surface area contributed by atoms with Crippen LogP contribution in [0.3, 0.4) is 0 Å². The molecule has 0 nitrogen and oxygen atoms in total. The van der Waals surface area contributed by atoms with Gasteiger partial charge in [-0.15, -0.1) is 0 Å². The summed E-state index contributed by atoms with van der Waals surface area (Å²) >= 11 is 0. The molecule has 0 aliphatic heterocycles. The van der Waals surface area contributed by atoms with Gasteiger partial charge >= 0.3 is 50.9 Å². The monoisotopic (exact) mass is 210 g/mol. The van der Waals surface area contributed by atoms with Crippen LogP contribution in [-0.4, -0.2) is 9.63 Å². The number of hydrogen-bond acceptors (Lipinski definition) is 0. The summed E-state index contributed by atoms with van der Waals surface area (Å²) in [7, 11) is 13.4. The SMILES string of the molecule is C[As](C)(Cl)(Cl)Cl. The molecule has 0 spiro atoms. The van der Waals surface area contributed by atoms with E-state index in [0.717, 1.165) is 0 Å². The predicted octanol–water partition coefficient (Wildman–Crippen LogP) is 2.86. The molecule has 0 aromatic heterocycles. The molecular formula is C2H6AsCl3. The number of halogens is 3. The van der Waals surface area contributed by atoms with Gasteiger partial charge in [0.1, 0.15) is 0 Å². The van der Waals surface area contributed by atoms with Gasteiger partial charge < -0.3 is 0 Å². The molecule has 6 heavy (non-hydrogen) atoms. The zero-order valence-corrected chi connectivity index (χ0v) is 7.73. The van der Waals surface area contributed by atoms with Crippen LogP contribution in [0.5, 0.6) is 0 Å². The molecule has 0 rings (SSSR count). The number of hydrogen-bond donors (Lipinski definition) is 0. The van der Waals surface area contributed by atoms with Crippen LogP contribution in [-0.2, 0) is 0 Å². The van der Waals surface area contributed by atoms with Crippen molar-refractivity contribution >= 4 is 39.5 Å². The molecule has 0 amide bonds. The fourth-order valence-electron chi connectivity index (χ4n) is 0. The Kier molecular flexibility index (Phi) is 1.80. The zero-order valence-electron chi connectivity index (χ0n) is 3.58. The van der Waals surface area contributed by atoms with E-state index in [1.54, 1.807) is 11.4 Å². The molecule has 0 heterocycles. The van der Waals surface area contributed by atoms with Gasteiger partial charge in [-0.2, -0.15) is 0 Å². The maximum absolute atomic E-state index is 5.50. The van der Waals surface area contributed by atoms with E-state index in [2.05, 4.69) is 0 Å². The van der Waals surface area contributed by atoms with Crippen molar-refractivity contribution in [1.82, 2.24) is 0 Å². The van der Waals surface area contributed by atoms with E-state index in [1.165, 1.54) is 0 Å². The summed E-state index contributed by atoms with van der Waals surface area (Å²) in [6.45, 7) is 0. The first kappa shape index (κ1) is 7.43. The number of rotatable bonds is 0. The second-order valence-electron chi connectivity index (χ2n) is 1.65. The molecule has 40 valence electrons. The van der Waals surface area contributed by atoms with Crippen LogP contribution in [0, 0.1) is 0 Å². The Balaban J connectivity index is 3.73. The van der Waals surface area contributed by atoms with Crippen LogP contribution in [0.2, 0.25) is 11.4 Å². The fourth-order valence-corrected chi connectivity index (χ4v) is 0. The summed E-state index contributed by atoms with van der Waals surface area (Å²) < 4.78 is 0. The van der Waals surface area contributed by atoms with Crippen LogP contribution in [0.4, 0.5) is 0 Å².